The maximum Gasteiger partial charge on any atom is 0.317 e. The number of hydrogen-bond acceptors (Lipinski definition) is 5. The van der Waals surface area contributed by atoms with E-state index in [4.69, 9.17) is 4.84 Å². The Morgan fingerprint density at radius 2 is 2.16 bits per heavy atom. The van der Waals surface area contributed by atoms with Gasteiger partial charge in [-0.1, -0.05) is 11.2 Å². The third kappa shape index (κ3) is 3.07. The van der Waals surface area contributed by atoms with Crippen LogP contribution in [-0.4, -0.2) is 50.1 Å². The van der Waals surface area contributed by atoms with Crippen LogP contribution in [0.15, 0.2) is 35.7 Å². The van der Waals surface area contributed by atoms with Crippen molar-refractivity contribution in [2.75, 3.05) is 13.1 Å². The van der Waals surface area contributed by atoms with Crippen LogP contribution in [0.2, 0.25) is 0 Å². The number of carbonyl (C=O) groups is 1. The Morgan fingerprint density at radius 1 is 1.32 bits per heavy atom. The van der Waals surface area contributed by atoms with E-state index in [9.17, 15) is 4.79 Å². The molecule has 2 aromatic rings. The highest BCUT2D eigenvalue weighted by Crippen LogP contribution is 2.33. The molecule has 2 amide bonds. The molecule has 2 aliphatic rings. The number of nitrogens with zero attached hydrogens (tertiary/aromatic N) is 5. The van der Waals surface area contributed by atoms with Crippen molar-refractivity contribution < 1.29 is 9.63 Å². The summed E-state index contributed by atoms with van der Waals surface area (Å²) in [5.74, 6) is 0.751. The maximum atomic E-state index is 12.2. The zero-order chi connectivity index (χ0) is 17.4. The molecule has 0 unspecified atom stereocenters. The molecule has 0 aromatic carbocycles. The van der Waals surface area contributed by atoms with Crippen LogP contribution in [0.3, 0.4) is 0 Å². The average Bonchev–Trinajstić information content (AvgIpc) is 3.18. The zero-order valence-corrected chi connectivity index (χ0v) is 14.3. The summed E-state index contributed by atoms with van der Waals surface area (Å²) in [4.78, 5) is 23.8. The molecule has 2 aliphatic heterocycles. The monoisotopic (exact) mass is 340 g/mol. The largest absolute Gasteiger partial charge is 0.385 e. The molecular weight excluding hydrogens is 320 g/mol. The minimum absolute atomic E-state index is 0.0921. The quantitative estimate of drug-likeness (QED) is 0.920. The van der Waals surface area contributed by atoms with Gasteiger partial charge in [-0.3, -0.25) is 0 Å². The lowest BCUT2D eigenvalue weighted by atomic mass is 9.89. The van der Waals surface area contributed by atoms with Gasteiger partial charge in [0.1, 0.15) is 0 Å². The first-order valence-electron chi connectivity index (χ1n) is 8.25. The van der Waals surface area contributed by atoms with E-state index in [1.165, 1.54) is 0 Å². The summed E-state index contributed by atoms with van der Waals surface area (Å²) in [5.41, 5.74) is 2.58. The number of nitrogens with one attached hydrogen (secondary N) is 1. The molecule has 1 fully saturated rings. The Kier molecular flexibility index (Phi) is 3.67. The molecule has 130 valence electrons. The highest BCUT2D eigenvalue weighted by atomic mass is 16.7. The Bertz CT molecular complexity index is 820. The van der Waals surface area contributed by atoms with Crippen molar-refractivity contribution in [2.24, 2.45) is 5.16 Å². The SMILES string of the molecule is CC1=NOC2(C1)CN(C(=O)NCc1ccc(-n3ccc(C)n3)nc1)C2. The van der Waals surface area contributed by atoms with E-state index in [0.29, 0.717) is 19.6 Å². The number of urea groups is 1. The minimum Gasteiger partial charge on any atom is -0.385 e. The molecule has 4 rings (SSSR count). The number of hydrogen-bond donors (Lipinski definition) is 1. The fraction of sp³-hybridized carbons (Fsp3) is 0.412. The lowest BCUT2D eigenvalue weighted by Crippen LogP contribution is -2.65. The number of pyridine rings is 1. The molecular formula is C17H20N6O2. The summed E-state index contributed by atoms with van der Waals surface area (Å²) in [6.45, 7) is 5.47. The van der Waals surface area contributed by atoms with E-state index >= 15 is 0 Å². The van der Waals surface area contributed by atoms with Gasteiger partial charge in [0.05, 0.1) is 24.5 Å². The number of likely N-dealkylation sites (tertiary alicyclic amines) is 1. The second kappa shape index (κ2) is 5.87. The van der Waals surface area contributed by atoms with Crippen molar-refractivity contribution in [1.29, 1.82) is 0 Å². The van der Waals surface area contributed by atoms with Crippen LogP contribution in [0.5, 0.6) is 0 Å². The van der Waals surface area contributed by atoms with Crippen molar-refractivity contribution >= 4 is 11.7 Å². The van der Waals surface area contributed by atoms with Gasteiger partial charge in [0.15, 0.2) is 11.4 Å². The number of amides is 2. The van der Waals surface area contributed by atoms with E-state index in [1.807, 2.05) is 38.2 Å². The van der Waals surface area contributed by atoms with Gasteiger partial charge in [-0.15, -0.1) is 0 Å². The lowest BCUT2D eigenvalue weighted by Gasteiger charge is -2.45. The smallest absolute Gasteiger partial charge is 0.317 e. The summed E-state index contributed by atoms with van der Waals surface area (Å²) in [7, 11) is 0. The Labute approximate surface area is 145 Å². The molecule has 0 radical (unpaired) electrons. The fourth-order valence-electron chi connectivity index (χ4n) is 3.16. The summed E-state index contributed by atoms with van der Waals surface area (Å²) in [6.07, 6.45) is 4.42. The molecule has 4 heterocycles. The van der Waals surface area contributed by atoms with E-state index in [0.717, 1.165) is 29.2 Å². The number of aryl methyl sites for hydroxylation is 1. The molecule has 8 nitrogen and oxygen atoms in total. The summed E-state index contributed by atoms with van der Waals surface area (Å²) >= 11 is 0. The van der Waals surface area contributed by atoms with Crippen molar-refractivity contribution in [3.05, 3.63) is 41.9 Å². The zero-order valence-electron chi connectivity index (χ0n) is 14.3. The molecule has 1 saturated heterocycles. The van der Waals surface area contributed by atoms with Crippen LogP contribution < -0.4 is 5.32 Å². The molecule has 0 atom stereocenters. The first-order chi connectivity index (χ1) is 12.0. The molecule has 8 heteroatoms. The normalized spacial score (nSPS) is 17.8. The van der Waals surface area contributed by atoms with Gasteiger partial charge in [-0.2, -0.15) is 5.10 Å². The number of carbonyl (C=O) groups excluding carboxylic acids is 1. The standard InChI is InChI=1S/C17H20N6O2/c1-12-5-6-23(20-12)15-4-3-14(8-18-15)9-19-16(24)22-10-17(11-22)7-13(2)21-25-17/h3-6,8H,7,9-11H2,1-2H3,(H,19,24). The second-order valence-electron chi connectivity index (χ2n) is 6.72. The summed E-state index contributed by atoms with van der Waals surface area (Å²) < 4.78 is 1.73. The van der Waals surface area contributed by atoms with Gasteiger partial charge in [0.25, 0.3) is 0 Å². The van der Waals surface area contributed by atoms with Crippen molar-refractivity contribution in [3.8, 4) is 5.82 Å². The predicted octanol–water partition coefficient (Wildman–Crippen LogP) is 1.64. The Hall–Kier alpha value is -2.90. The van der Waals surface area contributed by atoms with Gasteiger partial charge in [-0.25, -0.2) is 14.5 Å². The highest BCUT2D eigenvalue weighted by molar-refractivity contribution is 5.84. The lowest BCUT2D eigenvalue weighted by molar-refractivity contribution is -0.107. The molecule has 1 spiro atoms. The van der Waals surface area contributed by atoms with E-state index in [2.05, 4.69) is 20.6 Å². The van der Waals surface area contributed by atoms with Gasteiger partial charge in [-0.05, 0) is 31.5 Å². The maximum absolute atomic E-state index is 12.2. The van der Waals surface area contributed by atoms with Crippen LogP contribution in [0, 0.1) is 6.92 Å². The van der Waals surface area contributed by atoms with Crippen LogP contribution in [-0.2, 0) is 11.4 Å². The molecule has 0 aliphatic carbocycles. The highest BCUT2D eigenvalue weighted by Gasteiger charge is 2.50. The second-order valence-corrected chi connectivity index (χ2v) is 6.72. The van der Waals surface area contributed by atoms with Gasteiger partial charge >= 0.3 is 6.03 Å². The van der Waals surface area contributed by atoms with Gasteiger partial charge < -0.3 is 15.1 Å². The molecule has 2 aromatic heterocycles. The molecule has 0 bridgehead atoms. The van der Waals surface area contributed by atoms with Gasteiger partial charge in [0.2, 0.25) is 0 Å². The molecule has 1 N–H and O–H groups in total. The van der Waals surface area contributed by atoms with Crippen LogP contribution in [0.1, 0.15) is 24.6 Å². The van der Waals surface area contributed by atoms with Crippen LogP contribution in [0.25, 0.3) is 5.82 Å². The summed E-state index contributed by atoms with van der Waals surface area (Å²) in [5, 5.41) is 11.2. The van der Waals surface area contributed by atoms with Crippen molar-refractivity contribution in [3.63, 3.8) is 0 Å². The third-order valence-electron chi connectivity index (χ3n) is 4.43. The average molecular weight is 340 g/mol. The Morgan fingerprint density at radius 3 is 2.76 bits per heavy atom. The number of aromatic nitrogens is 3. The molecule has 25 heavy (non-hydrogen) atoms. The number of rotatable bonds is 3. The van der Waals surface area contributed by atoms with Crippen LogP contribution in [0.4, 0.5) is 4.79 Å². The van der Waals surface area contributed by atoms with Crippen LogP contribution >= 0.6 is 0 Å². The van der Waals surface area contributed by atoms with E-state index in [1.54, 1.807) is 15.8 Å². The van der Waals surface area contributed by atoms with E-state index < -0.39 is 0 Å². The Balaban J connectivity index is 1.28. The molecule has 0 saturated carbocycles. The fourth-order valence-corrected chi connectivity index (χ4v) is 3.16. The van der Waals surface area contributed by atoms with E-state index in [-0.39, 0.29) is 11.6 Å². The third-order valence-corrected chi connectivity index (χ3v) is 4.43. The number of oxime groups is 1. The van der Waals surface area contributed by atoms with Crippen molar-refractivity contribution in [1.82, 2.24) is 25.0 Å². The predicted molar refractivity (Wildman–Crippen MR) is 91.4 cm³/mol. The minimum atomic E-state index is -0.285. The van der Waals surface area contributed by atoms with Crippen molar-refractivity contribution in [2.45, 2.75) is 32.4 Å². The topological polar surface area (TPSA) is 84.6 Å². The van der Waals surface area contributed by atoms with Gasteiger partial charge in [0, 0.05) is 25.4 Å². The first kappa shape index (κ1) is 15.6. The first-order valence-corrected chi connectivity index (χ1v) is 8.25. The summed E-state index contributed by atoms with van der Waals surface area (Å²) in [6, 6.07) is 5.66.